The number of nitrogens with zero attached hydrogens (tertiary/aromatic N) is 2. The molecule has 0 aliphatic heterocycles. The molecule has 2 heterocycles. The molecule has 6 rings (SSSR count). The largest absolute Gasteiger partial charge is 0.224 e. The van der Waals surface area contributed by atoms with Crippen molar-refractivity contribution in [2.75, 3.05) is 0 Å². The van der Waals surface area contributed by atoms with Gasteiger partial charge in [0.1, 0.15) is 4.83 Å². The van der Waals surface area contributed by atoms with E-state index in [-0.39, 0.29) is 5.28 Å². The molecular weight excluding hydrogens is 408 g/mol. The van der Waals surface area contributed by atoms with Gasteiger partial charge in [-0.15, -0.1) is 11.3 Å². The molecule has 0 atom stereocenters. The lowest BCUT2D eigenvalue weighted by Gasteiger charge is -2.08. The Morgan fingerprint density at radius 2 is 1.40 bits per heavy atom. The Hall–Kier alpha value is -3.27. The molecule has 30 heavy (non-hydrogen) atoms. The first-order chi connectivity index (χ1) is 14.8. The van der Waals surface area contributed by atoms with Crippen molar-refractivity contribution in [1.29, 1.82) is 0 Å². The SMILES string of the molecule is Clc1nc(-c2cccc(-c3ccccc3)c2)c2c(n1)sc1c3ccccc3ccc12. The molecule has 0 saturated carbocycles. The summed E-state index contributed by atoms with van der Waals surface area (Å²) in [5, 5.41) is 4.97. The Balaban J connectivity index is 1.66. The lowest BCUT2D eigenvalue weighted by atomic mass is 9.99. The Kier molecular flexibility index (Phi) is 4.05. The lowest BCUT2D eigenvalue weighted by molar-refractivity contribution is 1.24. The van der Waals surface area contributed by atoms with E-state index in [9.17, 15) is 0 Å². The maximum atomic E-state index is 6.36. The highest BCUT2D eigenvalue weighted by molar-refractivity contribution is 7.26. The van der Waals surface area contributed by atoms with Crippen molar-refractivity contribution < 1.29 is 0 Å². The van der Waals surface area contributed by atoms with Crippen LogP contribution in [0.2, 0.25) is 5.28 Å². The highest BCUT2D eigenvalue weighted by Crippen LogP contribution is 2.42. The van der Waals surface area contributed by atoms with Gasteiger partial charge in [0.05, 0.1) is 5.69 Å². The molecule has 0 aliphatic rings. The van der Waals surface area contributed by atoms with Crippen LogP contribution in [0.25, 0.3) is 53.5 Å². The predicted molar refractivity (Wildman–Crippen MR) is 128 cm³/mol. The third kappa shape index (κ3) is 2.78. The maximum Gasteiger partial charge on any atom is 0.224 e. The molecule has 6 aromatic rings. The molecule has 0 saturated heterocycles. The van der Waals surface area contributed by atoms with Crippen LogP contribution in [0.5, 0.6) is 0 Å². The van der Waals surface area contributed by atoms with Crippen LogP contribution in [0.3, 0.4) is 0 Å². The van der Waals surface area contributed by atoms with E-state index in [0.29, 0.717) is 0 Å². The van der Waals surface area contributed by atoms with Crippen molar-refractivity contribution >= 4 is 54.0 Å². The maximum absolute atomic E-state index is 6.36. The summed E-state index contributed by atoms with van der Waals surface area (Å²) in [4.78, 5) is 10.1. The zero-order valence-electron chi connectivity index (χ0n) is 15.8. The van der Waals surface area contributed by atoms with Crippen LogP contribution >= 0.6 is 22.9 Å². The first-order valence-electron chi connectivity index (χ1n) is 9.71. The van der Waals surface area contributed by atoms with Crippen LogP contribution in [-0.2, 0) is 0 Å². The van der Waals surface area contributed by atoms with Crippen LogP contribution in [-0.4, -0.2) is 9.97 Å². The molecule has 0 spiro atoms. The highest BCUT2D eigenvalue weighted by atomic mass is 35.5. The molecule has 4 aromatic carbocycles. The summed E-state index contributed by atoms with van der Waals surface area (Å²) in [6.45, 7) is 0. The number of fused-ring (bicyclic) bond motifs is 5. The van der Waals surface area contributed by atoms with Crippen molar-refractivity contribution in [3.8, 4) is 22.4 Å². The highest BCUT2D eigenvalue weighted by Gasteiger charge is 2.17. The zero-order valence-corrected chi connectivity index (χ0v) is 17.4. The number of thiophene rings is 1. The summed E-state index contributed by atoms with van der Waals surface area (Å²) in [5.74, 6) is 0. The molecule has 0 radical (unpaired) electrons. The van der Waals surface area contributed by atoms with Gasteiger partial charge in [0.25, 0.3) is 0 Å². The summed E-state index contributed by atoms with van der Waals surface area (Å²) in [5.41, 5.74) is 4.25. The zero-order chi connectivity index (χ0) is 20.1. The molecule has 0 aliphatic carbocycles. The molecule has 0 unspecified atom stereocenters. The van der Waals surface area contributed by atoms with E-state index in [4.69, 9.17) is 11.6 Å². The average molecular weight is 423 g/mol. The smallest absolute Gasteiger partial charge is 0.217 e. The quantitative estimate of drug-likeness (QED) is 0.264. The Morgan fingerprint density at radius 3 is 2.30 bits per heavy atom. The van der Waals surface area contributed by atoms with Crippen LogP contribution in [0, 0.1) is 0 Å². The van der Waals surface area contributed by atoms with Crippen molar-refractivity contribution in [2.45, 2.75) is 0 Å². The third-order valence-corrected chi connectivity index (χ3v) is 6.74. The van der Waals surface area contributed by atoms with E-state index in [0.717, 1.165) is 27.0 Å². The fraction of sp³-hybridized carbons (Fsp3) is 0. The van der Waals surface area contributed by atoms with E-state index in [1.165, 1.54) is 26.4 Å². The van der Waals surface area contributed by atoms with Gasteiger partial charge < -0.3 is 0 Å². The van der Waals surface area contributed by atoms with Gasteiger partial charge in [0, 0.05) is 21.0 Å². The molecule has 2 aromatic heterocycles. The van der Waals surface area contributed by atoms with E-state index in [2.05, 4.69) is 94.9 Å². The summed E-state index contributed by atoms with van der Waals surface area (Å²) < 4.78 is 1.22. The van der Waals surface area contributed by atoms with Crippen molar-refractivity contribution in [3.63, 3.8) is 0 Å². The van der Waals surface area contributed by atoms with Gasteiger partial charge in [0.2, 0.25) is 5.28 Å². The fourth-order valence-corrected chi connectivity index (χ4v) is 5.49. The van der Waals surface area contributed by atoms with Gasteiger partial charge in [-0.1, -0.05) is 84.9 Å². The number of hydrogen-bond acceptors (Lipinski definition) is 3. The minimum Gasteiger partial charge on any atom is -0.217 e. The van der Waals surface area contributed by atoms with Crippen LogP contribution in [0.4, 0.5) is 0 Å². The van der Waals surface area contributed by atoms with E-state index >= 15 is 0 Å². The Morgan fingerprint density at radius 1 is 0.633 bits per heavy atom. The summed E-state index contributed by atoms with van der Waals surface area (Å²) in [6, 6.07) is 31.6. The Labute approximate surface area is 182 Å². The summed E-state index contributed by atoms with van der Waals surface area (Å²) >= 11 is 8.04. The molecule has 0 amide bonds. The summed E-state index contributed by atoms with van der Waals surface area (Å²) in [6.07, 6.45) is 0. The fourth-order valence-electron chi connectivity index (χ4n) is 4.06. The van der Waals surface area contributed by atoms with Gasteiger partial charge in [-0.25, -0.2) is 9.97 Å². The second kappa shape index (κ2) is 6.91. The first-order valence-corrected chi connectivity index (χ1v) is 10.9. The monoisotopic (exact) mass is 422 g/mol. The normalized spacial score (nSPS) is 11.5. The second-order valence-electron chi connectivity index (χ2n) is 7.23. The standard InChI is InChI=1S/C26H15ClN2S/c27-26-28-23(19-11-6-10-18(15-19)16-7-2-1-3-8-16)22-21-14-13-17-9-4-5-12-20(17)24(21)30-25(22)29-26/h1-15H. The van der Waals surface area contributed by atoms with E-state index < -0.39 is 0 Å². The second-order valence-corrected chi connectivity index (χ2v) is 8.57. The molecule has 142 valence electrons. The van der Waals surface area contributed by atoms with Gasteiger partial charge in [0.15, 0.2) is 0 Å². The first kappa shape index (κ1) is 17.6. The van der Waals surface area contributed by atoms with Gasteiger partial charge >= 0.3 is 0 Å². The van der Waals surface area contributed by atoms with Crippen LogP contribution in [0.1, 0.15) is 0 Å². The van der Waals surface area contributed by atoms with Crippen LogP contribution < -0.4 is 0 Å². The van der Waals surface area contributed by atoms with Gasteiger partial charge in [-0.05, 0) is 39.6 Å². The van der Waals surface area contributed by atoms with Crippen molar-refractivity contribution in [3.05, 3.63) is 96.3 Å². The molecule has 0 bridgehead atoms. The average Bonchev–Trinajstić information content (AvgIpc) is 3.18. The molecule has 0 N–H and O–H groups in total. The lowest BCUT2D eigenvalue weighted by Crippen LogP contribution is -1.90. The van der Waals surface area contributed by atoms with Gasteiger partial charge in [-0.2, -0.15) is 0 Å². The van der Waals surface area contributed by atoms with Crippen molar-refractivity contribution in [2.24, 2.45) is 0 Å². The number of hydrogen-bond donors (Lipinski definition) is 0. The number of benzene rings is 4. The molecular formula is C26H15ClN2S. The molecule has 2 nitrogen and oxygen atoms in total. The minimum atomic E-state index is 0.276. The number of aromatic nitrogens is 2. The third-order valence-electron chi connectivity index (χ3n) is 5.44. The minimum absolute atomic E-state index is 0.276. The molecule has 0 fully saturated rings. The van der Waals surface area contributed by atoms with Crippen molar-refractivity contribution in [1.82, 2.24) is 9.97 Å². The predicted octanol–water partition coefficient (Wildman–Crippen LogP) is 7.99. The Bertz CT molecular complexity index is 1550. The topological polar surface area (TPSA) is 25.8 Å². The summed E-state index contributed by atoms with van der Waals surface area (Å²) in [7, 11) is 0. The van der Waals surface area contributed by atoms with E-state index in [1.54, 1.807) is 11.3 Å². The van der Waals surface area contributed by atoms with E-state index in [1.807, 2.05) is 6.07 Å². The number of halogens is 1. The molecule has 4 heteroatoms. The van der Waals surface area contributed by atoms with Crippen LogP contribution in [0.15, 0.2) is 91.0 Å². The van der Waals surface area contributed by atoms with Gasteiger partial charge in [-0.3, -0.25) is 0 Å². The number of rotatable bonds is 2.